The van der Waals surface area contributed by atoms with E-state index in [9.17, 15) is 4.79 Å². The van der Waals surface area contributed by atoms with Gasteiger partial charge in [0.05, 0.1) is 6.61 Å². The number of aliphatic imine (C=N–C) groups is 1. The minimum absolute atomic E-state index is 0.0310. The molecular formula is C16H26N4O2S. The average Bonchev–Trinajstić information content (AvgIpc) is 2.56. The molecule has 0 heterocycles. The third-order valence-corrected chi connectivity index (χ3v) is 3.89. The quantitative estimate of drug-likeness (QED) is 0.305. The van der Waals surface area contributed by atoms with Crippen LogP contribution >= 0.6 is 11.8 Å². The van der Waals surface area contributed by atoms with Gasteiger partial charge in [0.2, 0.25) is 5.91 Å². The van der Waals surface area contributed by atoms with Gasteiger partial charge in [0.1, 0.15) is 6.54 Å². The van der Waals surface area contributed by atoms with E-state index in [4.69, 9.17) is 4.74 Å². The van der Waals surface area contributed by atoms with Gasteiger partial charge in [-0.1, -0.05) is 18.2 Å². The molecule has 0 saturated carbocycles. The molecule has 6 nitrogen and oxygen atoms in total. The summed E-state index contributed by atoms with van der Waals surface area (Å²) < 4.78 is 5.01. The lowest BCUT2D eigenvalue weighted by molar-refractivity contribution is -0.127. The number of amides is 1. The highest BCUT2D eigenvalue weighted by Crippen LogP contribution is 2.15. The molecule has 0 unspecified atom stereocenters. The van der Waals surface area contributed by atoms with Crippen LogP contribution in [-0.2, 0) is 9.53 Å². The Balaban J connectivity index is 2.38. The number of likely N-dealkylation sites (N-methyl/N-ethyl adjacent to an activating group) is 1. The van der Waals surface area contributed by atoms with Crippen molar-refractivity contribution in [3.8, 4) is 0 Å². The smallest absolute Gasteiger partial charge is 0.243 e. The number of thioether (sulfide) groups is 1. The van der Waals surface area contributed by atoms with Crippen LogP contribution in [-0.4, -0.2) is 70.0 Å². The first-order valence-electron chi connectivity index (χ1n) is 7.52. The molecule has 1 aromatic carbocycles. The lowest BCUT2D eigenvalue weighted by Gasteiger charge is -2.13. The molecule has 23 heavy (non-hydrogen) atoms. The van der Waals surface area contributed by atoms with Gasteiger partial charge in [-0.2, -0.15) is 0 Å². The van der Waals surface area contributed by atoms with E-state index in [2.05, 4.69) is 27.8 Å². The number of nitrogens with one attached hydrogen (secondary N) is 2. The van der Waals surface area contributed by atoms with Gasteiger partial charge in [-0.05, 0) is 12.1 Å². The normalized spacial score (nSPS) is 11.2. The van der Waals surface area contributed by atoms with Crippen molar-refractivity contribution in [3.05, 3.63) is 30.3 Å². The number of benzene rings is 1. The van der Waals surface area contributed by atoms with Gasteiger partial charge in [0, 0.05) is 44.9 Å². The lowest BCUT2D eigenvalue weighted by Crippen LogP contribution is -2.40. The van der Waals surface area contributed by atoms with Crippen LogP contribution in [0.2, 0.25) is 0 Å². The fraction of sp³-hybridized carbons (Fsp3) is 0.500. The summed E-state index contributed by atoms with van der Waals surface area (Å²) in [4.78, 5) is 18.7. The fourth-order valence-corrected chi connectivity index (χ4v) is 2.38. The van der Waals surface area contributed by atoms with Crippen LogP contribution in [0.3, 0.4) is 0 Å². The molecule has 0 aromatic heterocycles. The largest absolute Gasteiger partial charge is 0.383 e. The average molecular weight is 338 g/mol. The van der Waals surface area contributed by atoms with Crippen molar-refractivity contribution in [1.82, 2.24) is 15.5 Å². The maximum Gasteiger partial charge on any atom is 0.243 e. The van der Waals surface area contributed by atoms with Gasteiger partial charge in [-0.25, -0.2) is 4.99 Å². The van der Waals surface area contributed by atoms with E-state index in [1.54, 1.807) is 33.0 Å². The molecule has 2 N–H and O–H groups in total. The van der Waals surface area contributed by atoms with Crippen molar-refractivity contribution in [3.63, 3.8) is 0 Å². The third-order valence-electron chi connectivity index (χ3n) is 2.88. The van der Waals surface area contributed by atoms with Crippen molar-refractivity contribution >= 4 is 23.6 Å². The number of rotatable bonds is 9. The third kappa shape index (κ3) is 9.10. The highest BCUT2D eigenvalue weighted by atomic mass is 32.2. The molecule has 0 aliphatic heterocycles. The van der Waals surface area contributed by atoms with Crippen molar-refractivity contribution < 1.29 is 9.53 Å². The van der Waals surface area contributed by atoms with E-state index < -0.39 is 0 Å². The Labute approximate surface area is 142 Å². The minimum atomic E-state index is -0.0310. The summed E-state index contributed by atoms with van der Waals surface area (Å²) in [7, 11) is 5.09. The second-order valence-corrected chi connectivity index (χ2v) is 6.13. The van der Waals surface area contributed by atoms with Crippen LogP contribution in [0.4, 0.5) is 0 Å². The predicted molar refractivity (Wildman–Crippen MR) is 96.0 cm³/mol. The number of carbonyl (C=O) groups excluding carboxylic acids is 1. The monoisotopic (exact) mass is 338 g/mol. The van der Waals surface area contributed by atoms with Gasteiger partial charge in [-0.3, -0.25) is 4.79 Å². The SMILES string of the molecule is COCCNC(=NCC(=O)N(C)C)NCCSc1ccccc1. The number of hydrogen-bond acceptors (Lipinski definition) is 4. The van der Waals surface area contributed by atoms with Crippen LogP contribution < -0.4 is 10.6 Å². The molecule has 0 aliphatic rings. The molecule has 7 heteroatoms. The molecule has 0 bridgehead atoms. The number of guanidine groups is 1. The van der Waals surface area contributed by atoms with Gasteiger partial charge in [-0.15, -0.1) is 11.8 Å². The lowest BCUT2D eigenvalue weighted by atomic mass is 10.4. The molecule has 0 aliphatic carbocycles. The highest BCUT2D eigenvalue weighted by molar-refractivity contribution is 7.99. The fourth-order valence-electron chi connectivity index (χ4n) is 1.59. The summed E-state index contributed by atoms with van der Waals surface area (Å²) in [6, 6.07) is 10.2. The molecule has 0 saturated heterocycles. The number of methoxy groups -OCH3 is 1. The van der Waals surface area contributed by atoms with Crippen molar-refractivity contribution in [2.75, 3.05) is 53.2 Å². The summed E-state index contributed by atoms with van der Waals surface area (Å²) in [5.41, 5.74) is 0. The first-order chi connectivity index (χ1) is 11.1. The van der Waals surface area contributed by atoms with Crippen LogP contribution in [0.5, 0.6) is 0 Å². The Morgan fingerprint density at radius 3 is 2.57 bits per heavy atom. The molecule has 128 valence electrons. The molecule has 1 rings (SSSR count). The van der Waals surface area contributed by atoms with Crippen LogP contribution in [0, 0.1) is 0 Å². The maximum absolute atomic E-state index is 11.6. The Bertz CT molecular complexity index is 480. The van der Waals surface area contributed by atoms with Crippen LogP contribution in [0.1, 0.15) is 0 Å². The molecule has 0 atom stereocenters. The zero-order chi connectivity index (χ0) is 16.9. The van der Waals surface area contributed by atoms with E-state index in [0.29, 0.717) is 19.1 Å². The standard InChI is InChI=1S/C16H26N4O2S/c1-20(2)15(21)13-19-16(17-9-11-22-3)18-10-12-23-14-7-5-4-6-8-14/h4-8H,9-13H2,1-3H3,(H2,17,18,19). The summed E-state index contributed by atoms with van der Waals surface area (Å²) >= 11 is 1.77. The molecule has 1 aromatic rings. The van der Waals surface area contributed by atoms with Gasteiger partial charge < -0.3 is 20.3 Å². The number of carbonyl (C=O) groups is 1. The molecular weight excluding hydrogens is 312 g/mol. The van der Waals surface area contributed by atoms with Gasteiger partial charge in [0.25, 0.3) is 0 Å². The number of hydrogen-bond donors (Lipinski definition) is 2. The minimum Gasteiger partial charge on any atom is -0.383 e. The van der Waals surface area contributed by atoms with E-state index >= 15 is 0 Å². The van der Waals surface area contributed by atoms with Crippen molar-refractivity contribution in [2.24, 2.45) is 4.99 Å². The molecule has 1 amide bonds. The Morgan fingerprint density at radius 2 is 1.91 bits per heavy atom. The topological polar surface area (TPSA) is 66.0 Å². The number of nitrogens with zero attached hydrogens (tertiary/aromatic N) is 2. The maximum atomic E-state index is 11.6. The van der Waals surface area contributed by atoms with Crippen LogP contribution in [0.25, 0.3) is 0 Å². The summed E-state index contributed by atoms with van der Waals surface area (Å²) in [6.45, 7) is 2.11. The molecule has 0 fully saturated rings. The van der Waals surface area contributed by atoms with Gasteiger partial charge in [0.15, 0.2) is 5.96 Å². The second kappa shape index (κ2) is 11.8. The van der Waals surface area contributed by atoms with E-state index in [0.717, 1.165) is 12.3 Å². The number of ether oxygens (including phenoxy) is 1. The Kier molecular flexibility index (Phi) is 9.90. The Hall–Kier alpha value is -1.73. The van der Waals surface area contributed by atoms with E-state index in [-0.39, 0.29) is 12.5 Å². The summed E-state index contributed by atoms with van der Waals surface area (Å²) in [5.74, 6) is 1.51. The second-order valence-electron chi connectivity index (χ2n) is 4.96. The first-order valence-corrected chi connectivity index (χ1v) is 8.51. The zero-order valence-electron chi connectivity index (χ0n) is 14.0. The van der Waals surface area contributed by atoms with Crippen molar-refractivity contribution in [2.45, 2.75) is 4.90 Å². The first kappa shape index (κ1) is 19.3. The molecule has 0 spiro atoms. The summed E-state index contributed by atoms with van der Waals surface area (Å²) in [6.07, 6.45) is 0. The highest BCUT2D eigenvalue weighted by Gasteiger charge is 2.04. The van der Waals surface area contributed by atoms with Crippen molar-refractivity contribution in [1.29, 1.82) is 0 Å². The van der Waals surface area contributed by atoms with Gasteiger partial charge >= 0.3 is 0 Å². The van der Waals surface area contributed by atoms with E-state index in [1.807, 2.05) is 18.2 Å². The predicted octanol–water partition coefficient (Wildman–Crippen LogP) is 1.05. The van der Waals surface area contributed by atoms with Crippen LogP contribution in [0.15, 0.2) is 40.2 Å². The zero-order valence-corrected chi connectivity index (χ0v) is 14.9. The molecule has 0 radical (unpaired) electrons. The summed E-state index contributed by atoms with van der Waals surface area (Å²) in [5, 5.41) is 6.38. The Morgan fingerprint density at radius 1 is 1.22 bits per heavy atom. The van der Waals surface area contributed by atoms with E-state index in [1.165, 1.54) is 9.80 Å².